The zero-order chi connectivity index (χ0) is 16.2. The summed E-state index contributed by atoms with van der Waals surface area (Å²) in [5.41, 5.74) is 3.26. The van der Waals surface area contributed by atoms with Crippen LogP contribution in [0.4, 0.5) is 0 Å². The van der Waals surface area contributed by atoms with Crippen LogP contribution >= 0.6 is 0 Å². The lowest BCUT2D eigenvalue weighted by Crippen LogP contribution is -2.17. The van der Waals surface area contributed by atoms with Crippen molar-refractivity contribution in [3.05, 3.63) is 71.8 Å². The third kappa shape index (κ3) is 3.29. The number of fused-ring (bicyclic) bond motifs is 1. The van der Waals surface area contributed by atoms with Gasteiger partial charge in [0.05, 0.1) is 11.8 Å². The summed E-state index contributed by atoms with van der Waals surface area (Å²) in [5, 5.41) is 24.7. The molecule has 0 atom stereocenters. The number of carbonyl (C=O) groups excluding carboxylic acids is 1. The first-order chi connectivity index (χ1) is 11.1. The minimum Gasteiger partial charge on any atom is -0.508 e. The van der Waals surface area contributed by atoms with E-state index < -0.39 is 5.91 Å². The van der Waals surface area contributed by atoms with Crippen LogP contribution < -0.4 is 5.43 Å². The fraction of sp³-hybridized carbons (Fsp3) is 0. The molecule has 0 aliphatic heterocycles. The maximum atomic E-state index is 12.1. The summed E-state index contributed by atoms with van der Waals surface area (Å²) in [7, 11) is 0. The Labute approximate surface area is 132 Å². The van der Waals surface area contributed by atoms with Gasteiger partial charge in [-0.15, -0.1) is 0 Å². The van der Waals surface area contributed by atoms with E-state index in [0.29, 0.717) is 0 Å². The third-order valence-corrected chi connectivity index (χ3v) is 3.38. The van der Waals surface area contributed by atoms with E-state index in [9.17, 15) is 15.0 Å². The molecule has 0 fully saturated rings. The molecule has 114 valence electrons. The Morgan fingerprint density at radius 2 is 1.61 bits per heavy atom. The Morgan fingerprint density at radius 3 is 2.30 bits per heavy atom. The number of hydrogen-bond donors (Lipinski definition) is 3. The van der Waals surface area contributed by atoms with E-state index in [2.05, 4.69) is 10.5 Å². The zero-order valence-corrected chi connectivity index (χ0v) is 12.1. The van der Waals surface area contributed by atoms with E-state index in [4.69, 9.17) is 0 Å². The number of hydrazone groups is 1. The Morgan fingerprint density at radius 1 is 0.957 bits per heavy atom. The predicted molar refractivity (Wildman–Crippen MR) is 88.8 cm³/mol. The van der Waals surface area contributed by atoms with Gasteiger partial charge in [-0.2, -0.15) is 5.10 Å². The molecule has 0 unspecified atom stereocenters. The molecule has 0 aliphatic rings. The van der Waals surface area contributed by atoms with E-state index in [1.54, 1.807) is 24.3 Å². The molecular formula is C18H14N2O3. The van der Waals surface area contributed by atoms with Crippen molar-refractivity contribution in [2.24, 2.45) is 5.10 Å². The van der Waals surface area contributed by atoms with Crippen molar-refractivity contribution in [2.45, 2.75) is 0 Å². The van der Waals surface area contributed by atoms with Crippen LogP contribution in [0.1, 0.15) is 15.9 Å². The highest BCUT2D eigenvalue weighted by Crippen LogP contribution is 2.24. The molecule has 3 N–H and O–H groups in total. The van der Waals surface area contributed by atoms with Gasteiger partial charge in [0.15, 0.2) is 0 Å². The number of hydrogen-bond acceptors (Lipinski definition) is 4. The van der Waals surface area contributed by atoms with Gasteiger partial charge in [-0.05, 0) is 52.7 Å². The second-order valence-electron chi connectivity index (χ2n) is 5.01. The summed E-state index contributed by atoms with van der Waals surface area (Å²) in [6.07, 6.45) is 1.45. The van der Waals surface area contributed by atoms with Gasteiger partial charge in [0.25, 0.3) is 5.91 Å². The first-order valence-corrected chi connectivity index (χ1v) is 6.98. The van der Waals surface area contributed by atoms with E-state index in [-0.39, 0.29) is 17.1 Å². The van der Waals surface area contributed by atoms with E-state index >= 15 is 0 Å². The summed E-state index contributed by atoms with van der Waals surface area (Å²) in [6.45, 7) is 0. The molecule has 0 spiro atoms. The van der Waals surface area contributed by atoms with Crippen molar-refractivity contribution in [3.63, 3.8) is 0 Å². The average molecular weight is 306 g/mol. The molecule has 0 aromatic heterocycles. The highest BCUT2D eigenvalue weighted by Gasteiger charge is 2.11. The molecule has 0 heterocycles. The van der Waals surface area contributed by atoms with Crippen molar-refractivity contribution in [1.29, 1.82) is 0 Å². The maximum Gasteiger partial charge on any atom is 0.275 e. The highest BCUT2D eigenvalue weighted by atomic mass is 16.3. The standard InChI is InChI=1S/C18H14N2O3/c21-15-7-5-12(6-8-15)11-19-20-18(23)16-9-13-3-1-2-4-14(13)10-17(16)22/h1-11,21-22H,(H,20,23)/b19-11-. The summed E-state index contributed by atoms with van der Waals surface area (Å²) in [4.78, 5) is 12.1. The minimum absolute atomic E-state index is 0.0963. The number of phenolic OH excluding ortho intramolecular Hbond substituents is 2. The molecule has 5 nitrogen and oxygen atoms in total. The quantitative estimate of drug-likeness (QED) is 0.514. The number of nitrogens with zero attached hydrogens (tertiary/aromatic N) is 1. The van der Waals surface area contributed by atoms with Gasteiger partial charge in [0, 0.05) is 0 Å². The van der Waals surface area contributed by atoms with Crippen molar-refractivity contribution in [2.75, 3.05) is 0 Å². The molecule has 0 saturated heterocycles. The Bertz CT molecular complexity index is 886. The van der Waals surface area contributed by atoms with Gasteiger partial charge in [0.2, 0.25) is 0 Å². The second-order valence-corrected chi connectivity index (χ2v) is 5.01. The number of carbonyl (C=O) groups is 1. The highest BCUT2D eigenvalue weighted by molar-refractivity contribution is 6.01. The molecule has 1 amide bonds. The van der Waals surface area contributed by atoms with Crippen molar-refractivity contribution in [3.8, 4) is 11.5 Å². The van der Waals surface area contributed by atoms with E-state index in [1.807, 2.05) is 24.3 Å². The maximum absolute atomic E-state index is 12.1. The topological polar surface area (TPSA) is 81.9 Å². The number of aromatic hydroxyl groups is 2. The van der Waals surface area contributed by atoms with E-state index in [0.717, 1.165) is 16.3 Å². The molecule has 5 heteroatoms. The second kappa shape index (κ2) is 6.19. The van der Waals surface area contributed by atoms with Crippen LogP contribution in [0.5, 0.6) is 11.5 Å². The molecule has 0 saturated carbocycles. The zero-order valence-electron chi connectivity index (χ0n) is 12.1. The monoisotopic (exact) mass is 306 g/mol. The summed E-state index contributed by atoms with van der Waals surface area (Å²) in [6, 6.07) is 17.0. The third-order valence-electron chi connectivity index (χ3n) is 3.38. The van der Waals surface area contributed by atoms with Crippen LogP contribution in [0.3, 0.4) is 0 Å². The molecule has 0 bridgehead atoms. The van der Waals surface area contributed by atoms with Crippen molar-refractivity contribution in [1.82, 2.24) is 5.43 Å². The van der Waals surface area contributed by atoms with Crippen LogP contribution in [-0.2, 0) is 0 Å². The fourth-order valence-electron chi connectivity index (χ4n) is 2.20. The molecular weight excluding hydrogens is 292 g/mol. The smallest absolute Gasteiger partial charge is 0.275 e. The summed E-state index contributed by atoms with van der Waals surface area (Å²) in [5.74, 6) is -0.434. The fourth-order valence-corrected chi connectivity index (χ4v) is 2.20. The first kappa shape index (κ1) is 14.6. The van der Waals surface area contributed by atoms with Gasteiger partial charge in [0.1, 0.15) is 11.5 Å². The lowest BCUT2D eigenvalue weighted by molar-refractivity contribution is 0.0952. The van der Waals surface area contributed by atoms with Crippen LogP contribution in [0, 0.1) is 0 Å². The van der Waals surface area contributed by atoms with Crippen LogP contribution in [0.15, 0.2) is 65.8 Å². The van der Waals surface area contributed by atoms with Gasteiger partial charge in [-0.3, -0.25) is 4.79 Å². The van der Waals surface area contributed by atoms with Gasteiger partial charge in [-0.25, -0.2) is 5.43 Å². The number of rotatable bonds is 3. The number of benzene rings is 3. The molecule has 23 heavy (non-hydrogen) atoms. The Kier molecular flexibility index (Phi) is 3.93. The average Bonchev–Trinajstić information content (AvgIpc) is 2.56. The number of phenols is 2. The van der Waals surface area contributed by atoms with Crippen molar-refractivity contribution >= 4 is 22.9 Å². The number of nitrogens with one attached hydrogen (secondary N) is 1. The summed E-state index contributed by atoms with van der Waals surface area (Å²) >= 11 is 0. The molecule has 0 aliphatic carbocycles. The van der Waals surface area contributed by atoms with Gasteiger partial charge in [-0.1, -0.05) is 24.3 Å². The normalized spacial score (nSPS) is 11.0. The Hall–Kier alpha value is -3.34. The largest absolute Gasteiger partial charge is 0.508 e. The molecule has 3 rings (SSSR count). The molecule has 3 aromatic rings. The minimum atomic E-state index is -0.497. The van der Waals surface area contributed by atoms with Crippen LogP contribution in [0.25, 0.3) is 10.8 Å². The summed E-state index contributed by atoms with van der Waals surface area (Å²) < 4.78 is 0. The van der Waals surface area contributed by atoms with Gasteiger partial charge >= 0.3 is 0 Å². The number of amides is 1. The molecule has 3 aromatic carbocycles. The lowest BCUT2D eigenvalue weighted by atomic mass is 10.1. The van der Waals surface area contributed by atoms with E-state index in [1.165, 1.54) is 18.3 Å². The lowest BCUT2D eigenvalue weighted by Gasteiger charge is -2.05. The Balaban J connectivity index is 1.78. The predicted octanol–water partition coefficient (Wildman–Crippen LogP) is 3.01. The van der Waals surface area contributed by atoms with Gasteiger partial charge < -0.3 is 10.2 Å². The van der Waals surface area contributed by atoms with Crippen LogP contribution in [-0.4, -0.2) is 22.3 Å². The van der Waals surface area contributed by atoms with Crippen LogP contribution in [0.2, 0.25) is 0 Å². The van der Waals surface area contributed by atoms with Crippen molar-refractivity contribution < 1.29 is 15.0 Å². The molecule has 0 radical (unpaired) electrons. The first-order valence-electron chi connectivity index (χ1n) is 6.98. The SMILES string of the molecule is O=C(N/N=C\c1ccc(O)cc1)c1cc2ccccc2cc1O.